The van der Waals surface area contributed by atoms with Crippen molar-refractivity contribution in [2.75, 3.05) is 65.6 Å². The van der Waals surface area contributed by atoms with Crippen LogP contribution in [0.2, 0.25) is 0 Å². The van der Waals surface area contributed by atoms with Crippen LogP contribution in [-0.4, -0.2) is 111 Å². The molecule has 0 bridgehead atoms. The molecule has 166 valence electrons. The van der Waals surface area contributed by atoms with E-state index in [0.717, 1.165) is 45.8 Å². The van der Waals surface area contributed by atoms with E-state index >= 15 is 0 Å². The average molecular weight is 432 g/mol. The molecule has 4 fully saturated rings. The van der Waals surface area contributed by atoms with Crippen LogP contribution < -0.4 is 27.1 Å². The smallest absolute Gasteiger partial charge is 0.229 e. The number of carbonyl (C=O) groups is 1. The van der Waals surface area contributed by atoms with Gasteiger partial charge in [0.15, 0.2) is 0 Å². The maximum Gasteiger partial charge on any atom is 0.229 e. The molecule has 4 aliphatic rings. The van der Waals surface area contributed by atoms with Crippen LogP contribution in [0.3, 0.4) is 0 Å². The first kappa shape index (κ1) is 21.7. The number of nitrogens with one attached hydrogen (secondary N) is 4. The van der Waals surface area contributed by atoms with Crippen LogP contribution in [0.1, 0.15) is 6.42 Å². The third-order valence-corrected chi connectivity index (χ3v) is 6.51. The van der Waals surface area contributed by atoms with Gasteiger partial charge in [0.2, 0.25) is 5.91 Å². The summed E-state index contributed by atoms with van der Waals surface area (Å²) >= 11 is 6.22. The maximum absolute atomic E-state index is 13.1. The summed E-state index contributed by atoms with van der Waals surface area (Å²) in [5.74, 6) is -0.427. The van der Waals surface area contributed by atoms with Gasteiger partial charge in [-0.2, -0.15) is 0 Å². The monoisotopic (exact) mass is 431 g/mol. The van der Waals surface area contributed by atoms with Crippen LogP contribution in [-0.2, 0) is 14.3 Å². The van der Waals surface area contributed by atoms with Crippen molar-refractivity contribution in [1.82, 2.24) is 31.3 Å². The van der Waals surface area contributed by atoms with Crippen LogP contribution in [0.15, 0.2) is 0 Å². The molecule has 11 heteroatoms. The number of halogens is 1. The Bertz CT molecular complexity index is 554. The summed E-state index contributed by atoms with van der Waals surface area (Å²) in [6.07, 6.45) is 0.309. The first-order valence-electron chi connectivity index (χ1n) is 10.7. The Balaban J connectivity index is 1.28. The minimum absolute atomic E-state index is 0.000414. The molecule has 4 aliphatic heterocycles. The van der Waals surface area contributed by atoms with E-state index in [-0.39, 0.29) is 35.5 Å². The lowest BCUT2D eigenvalue weighted by molar-refractivity contribution is -0.129. The van der Waals surface area contributed by atoms with Gasteiger partial charge >= 0.3 is 0 Å². The van der Waals surface area contributed by atoms with E-state index in [1.54, 1.807) is 0 Å². The number of hydrogen-bond acceptors (Lipinski definition) is 9. The Morgan fingerprint density at radius 2 is 2.14 bits per heavy atom. The molecule has 29 heavy (non-hydrogen) atoms. The third-order valence-electron chi connectivity index (χ3n) is 6.21. The highest BCUT2D eigenvalue weighted by Gasteiger charge is 2.47. The van der Waals surface area contributed by atoms with E-state index in [9.17, 15) is 4.79 Å². The molecule has 10 nitrogen and oxygen atoms in total. The van der Waals surface area contributed by atoms with E-state index in [1.807, 2.05) is 5.01 Å². The van der Waals surface area contributed by atoms with Gasteiger partial charge in [-0.3, -0.25) is 15.0 Å². The fourth-order valence-corrected chi connectivity index (χ4v) is 4.83. The van der Waals surface area contributed by atoms with Crippen molar-refractivity contribution in [1.29, 1.82) is 0 Å². The van der Waals surface area contributed by atoms with Crippen LogP contribution in [0.25, 0.3) is 0 Å². The molecule has 0 spiro atoms. The van der Waals surface area contributed by atoms with Gasteiger partial charge in [0.1, 0.15) is 0 Å². The zero-order chi connectivity index (χ0) is 20.2. The molecule has 1 amide bonds. The number of fused-ring (bicyclic) bond motifs is 1. The summed E-state index contributed by atoms with van der Waals surface area (Å²) in [7, 11) is 0. The second-order valence-corrected chi connectivity index (χ2v) is 8.87. The number of piperidine rings is 1. The van der Waals surface area contributed by atoms with Gasteiger partial charge in [-0.15, -0.1) is 11.6 Å². The highest BCUT2D eigenvalue weighted by Crippen LogP contribution is 2.23. The van der Waals surface area contributed by atoms with Crippen molar-refractivity contribution in [3.63, 3.8) is 0 Å². The van der Waals surface area contributed by atoms with Gasteiger partial charge in [0.25, 0.3) is 0 Å². The lowest BCUT2D eigenvalue weighted by Gasteiger charge is -2.36. The molecule has 6 N–H and O–H groups in total. The van der Waals surface area contributed by atoms with Gasteiger partial charge in [-0.05, 0) is 13.0 Å². The number of hydrazine groups is 1. The summed E-state index contributed by atoms with van der Waals surface area (Å²) in [4.78, 5) is 15.4. The number of hydrogen-bond donors (Lipinski definition) is 5. The Morgan fingerprint density at radius 1 is 1.31 bits per heavy atom. The van der Waals surface area contributed by atoms with Crippen LogP contribution in [0, 0.1) is 5.92 Å². The maximum atomic E-state index is 13.1. The van der Waals surface area contributed by atoms with Crippen molar-refractivity contribution < 1.29 is 14.3 Å². The predicted octanol–water partition coefficient (Wildman–Crippen LogP) is -2.56. The normalized spacial score (nSPS) is 39.2. The summed E-state index contributed by atoms with van der Waals surface area (Å²) in [5.41, 5.74) is 9.41. The van der Waals surface area contributed by atoms with Crippen molar-refractivity contribution in [3.8, 4) is 0 Å². The Labute approximate surface area is 177 Å². The van der Waals surface area contributed by atoms with Gasteiger partial charge in [0.05, 0.1) is 55.6 Å². The number of carbonyl (C=O) groups excluding carboxylic acids is 1. The van der Waals surface area contributed by atoms with E-state index in [0.29, 0.717) is 26.2 Å². The first-order valence-corrected chi connectivity index (χ1v) is 11.1. The van der Waals surface area contributed by atoms with Gasteiger partial charge in [0, 0.05) is 39.3 Å². The molecule has 0 aromatic rings. The van der Waals surface area contributed by atoms with Crippen molar-refractivity contribution in [2.24, 2.45) is 11.7 Å². The topological polar surface area (TPSA) is 116 Å². The van der Waals surface area contributed by atoms with E-state index < -0.39 is 6.17 Å². The molecule has 0 aromatic carbocycles. The number of amides is 1. The van der Waals surface area contributed by atoms with E-state index in [1.165, 1.54) is 0 Å². The molecular formula is C18H34ClN7O3. The minimum Gasteiger partial charge on any atom is -0.379 e. The minimum atomic E-state index is -0.438. The second-order valence-electron chi connectivity index (χ2n) is 8.25. The highest BCUT2D eigenvalue weighted by atomic mass is 35.5. The molecule has 4 rings (SSSR count). The summed E-state index contributed by atoms with van der Waals surface area (Å²) in [6, 6.07) is -0.0634. The molecule has 6 unspecified atom stereocenters. The number of rotatable bonds is 6. The van der Waals surface area contributed by atoms with Crippen molar-refractivity contribution in [2.45, 2.75) is 36.3 Å². The molecule has 4 saturated heterocycles. The summed E-state index contributed by atoms with van der Waals surface area (Å²) < 4.78 is 11.6. The third kappa shape index (κ3) is 5.38. The van der Waals surface area contributed by atoms with Crippen molar-refractivity contribution in [3.05, 3.63) is 0 Å². The zero-order valence-corrected chi connectivity index (χ0v) is 17.6. The molecular weight excluding hydrogens is 398 g/mol. The molecule has 0 aliphatic carbocycles. The second kappa shape index (κ2) is 10.2. The van der Waals surface area contributed by atoms with Crippen LogP contribution in [0.4, 0.5) is 0 Å². The average Bonchev–Trinajstić information content (AvgIpc) is 3.05. The predicted molar refractivity (Wildman–Crippen MR) is 109 cm³/mol. The van der Waals surface area contributed by atoms with E-state index in [2.05, 4.69) is 26.3 Å². The van der Waals surface area contributed by atoms with E-state index in [4.69, 9.17) is 26.8 Å². The first-order chi connectivity index (χ1) is 14.1. The summed E-state index contributed by atoms with van der Waals surface area (Å²) in [6.45, 7) is 7.98. The Morgan fingerprint density at radius 3 is 2.97 bits per heavy atom. The molecule has 0 saturated carbocycles. The zero-order valence-electron chi connectivity index (χ0n) is 16.8. The fraction of sp³-hybridized carbons (Fsp3) is 0.944. The molecule has 6 atom stereocenters. The number of morpholine rings is 1. The molecule has 4 heterocycles. The number of alkyl halides is 1. The highest BCUT2D eigenvalue weighted by molar-refractivity contribution is 6.21. The number of ether oxygens (including phenoxy) is 2. The standard InChI is InChI=1S/C18H34ClN7O3/c19-12-9-22-17-15(16(20)24-26(17)11-12)18(27)23-13-10-21-2-1-14(13)29-8-5-25-3-6-28-7-4-25/h12-17,21-22,24H,1-11,20H2,(H,23,27). The van der Waals surface area contributed by atoms with Gasteiger partial charge in [-0.25, -0.2) is 10.4 Å². The number of nitrogens with zero attached hydrogens (tertiary/aromatic N) is 2. The fourth-order valence-electron chi connectivity index (χ4n) is 4.59. The lowest BCUT2D eigenvalue weighted by Crippen LogP contribution is -2.61. The van der Waals surface area contributed by atoms with Crippen LogP contribution in [0.5, 0.6) is 0 Å². The Kier molecular flexibility index (Phi) is 7.59. The lowest BCUT2D eigenvalue weighted by atomic mass is 9.99. The number of nitrogens with two attached hydrogens (primary N) is 1. The SMILES string of the molecule is NC1NN2CC(Cl)CNC2C1C(=O)NC1CNCCC1OCCN1CCOCC1. The van der Waals surface area contributed by atoms with Crippen molar-refractivity contribution >= 4 is 17.5 Å². The largest absolute Gasteiger partial charge is 0.379 e. The Hall–Kier alpha value is -0.560. The van der Waals surface area contributed by atoms with Crippen LogP contribution >= 0.6 is 11.6 Å². The van der Waals surface area contributed by atoms with Gasteiger partial charge < -0.3 is 25.8 Å². The molecule has 0 aromatic heterocycles. The summed E-state index contributed by atoms with van der Waals surface area (Å²) in [5, 5.41) is 11.8. The quantitative estimate of drug-likeness (QED) is 0.289. The molecule has 0 radical (unpaired) electrons. The van der Waals surface area contributed by atoms with Gasteiger partial charge in [-0.1, -0.05) is 0 Å².